The second kappa shape index (κ2) is 8.23. The highest BCUT2D eigenvalue weighted by molar-refractivity contribution is 7.14. The lowest BCUT2D eigenvalue weighted by atomic mass is 10.1. The Morgan fingerprint density at radius 3 is 2.54 bits per heavy atom. The van der Waals surface area contributed by atoms with Crippen LogP contribution in [0, 0.1) is 0 Å². The van der Waals surface area contributed by atoms with Crippen LogP contribution < -0.4 is 20.3 Å². The maximum atomic E-state index is 12.4. The molecule has 26 heavy (non-hydrogen) atoms. The van der Waals surface area contributed by atoms with E-state index in [4.69, 9.17) is 9.47 Å². The molecule has 1 aromatic heterocycles. The molecule has 0 unspecified atom stereocenters. The number of nitrogens with one attached hydrogen (secondary N) is 2. The predicted molar refractivity (Wildman–Crippen MR) is 100 cm³/mol. The van der Waals surface area contributed by atoms with Crippen molar-refractivity contribution in [2.75, 3.05) is 14.2 Å². The number of para-hydroxylation sites is 1. The third kappa shape index (κ3) is 3.83. The van der Waals surface area contributed by atoms with Crippen LogP contribution in [0.1, 0.15) is 49.7 Å². The summed E-state index contributed by atoms with van der Waals surface area (Å²) in [5.74, 6) is 0.00330. The molecule has 6 nitrogen and oxygen atoms in total. The molecule has 2 N–H and O–H groups in total. The van der Waals surface area contributed by atoms with E-state index in [-0.39, 0.29) is 11.5 Å². The van der Waals surface area contributed by atoms with Crippen LogP contribution in [0.5, 0.6) is 11.5 Å². The first kappa shape index (κ1) is 18.3. The highest BCUT2D eigenvalue weighted by Gasteiger charge is 2.19. The molecule has 0 fully saturated rings. The minimum absolute atomic E-state index is 0.286. The molecule has 3 rings (SSSR count). The first-order valence-corrected chi connectivity index (χ1v) is 9.39. The minimum atomic E-state index is -0.466. The van der Waals surface area contributed by atoms with Crippen molar-refractivity contribution in [2.24, 2.45) is 0 Å². The van der Waals surface area contributed by atoms with Crippen molar-refractivity contribution < 1.29 is 19.1 Å². The van der Waals surface area contributed by atoms with Gasteiger partial charge in [0.1, 0.15) is 0 Å². The number of thiophene rings is 1. The highest BCUT2D eigenvalue weighted by atomic mass is 32.1. The Balaban J connectivity index is 1.67. The molecule has 1 heterocycles. The van der Waals surface area contributed by atoms with Crippen LogP contribution >= 0.6 is 11.3 Å². The zero-order valence-corrected chi connectivity index (χ0v) is 15.7. The molecule has 1 aliphatic rings. The number of ether oxygens (including phenoxy) is 2. The van der Waals surface area contributed by atoms with Crippen LogP contribution in [0.3, 0.4) is 0 Å². The first-order valence-electron chi connectivity index (χ1n) is 8.57. The standard InChI is InChI=1S/C19H22N2O4S/c1-24-14-9-6-8-13(17(14)25-2)18(22)20-21-19(23)16-11-12-7-4-3-5-10-15(12)26-16/h6,8-9,11H,3-5,7,10H2,1-2H3,(H,20,22)(H,21,23). The zero-order valence-electron chi connectivity index (χ0n) is 14.9. The van der Waals surface area contributed by atoms with Crippen molar-refractivity contribution in [3.05, 3.63) is 45.1 Å². The molecule has 0 aliphatic heterocycles. The molecule has 0 radical (unpaired) electrons. The number of amides is 2. The molecule has 1 aliphatic carbocycles. The van der Waals surface area contributed by atoms with Crippen molar-refractivity contribution in [1.29, 1.82) is 0 Å². The number of carbonyl (C=O) groups is 2. The number of aryl methyl sites for hydroxylation is 2. The maximum Gasteiger partial charge on any atom is 0.279 e. The molecule has 0 saturated carbocycles. The van der Waals surface area contributed by atoms with E-state index in [1.165, 1.54) is 48.8 Å². The largest absolute Gasteiger partial charge is 0.493 e. The van der Waals surface area contributed by atoms with Gasteiger partial charge in [-0.3, -0.25) is 20.4 Å². The van der Waals surface area contributed by atoms with Crippen LogP contribution in [-0.4, -0.2) is 26.0 Å². The van der Waals surface area contributed by atoms with Gasteiger partial charge in [-0.2, -0.15) is 0 Å². The van der Waals surface area contributed by atoms with Crippen LogP contribution in [0.4, 0.5) is 0 Å². The summed E-state index contributed by atoms with van der Waals surface area (Å²) in [6, 6.07) is 6.94. The van der Waals surface area contributed by atoms with Gasteiger partial charge in [0.05, 0.1) is 24.7 Å². The Morgan fingerprint density at radius 1 is 1.00 bits per heavy atom. The fraction of sp³-hybridized carbons (Fsp3) is 0.368. The maximum absolute atomic E-state index is 12.4. The molecule has 2 aromatic rings. The highest BCUT2D eigenvalue weighted by Crippen LogP contribution is 2.31. The molecule has 7 heteroatoms. The summed E-state index contributed by atoms with van der Waals surface area (Å²) in [6.45, 7) is 0. The lowest BCUT2D eigenvalue weighted by Crippen LogP contribution is -2.41. The average Bonchev–Trinajstić information content (AvgIpc) is 2.95. The summed E-state index contributed by atoms with van der Waals surface area (Å²) >= 11 is 1.51. The Morgan fingerprint density at radius 2 is 1.77 bits per heavy atom. The Hall–Kier alpha value is -2.54. The van der Waals surface area contributed by atoms with Gasteiger partial charge in [-0.25, -0.2) is 0 Å². The number of hydrazine groups is 1. The number of rotatable bonds is 4. The molecular formula is C19H22N2O4S. The van der Waals surface area contributed by atoms with Crippen molar-refractivity contribution in [2.45, 2.75) is 32.1 Å². The van der Waals surface area contributed by atoms with E-state index < -0.39 is 5.91 Å². The molecule has 0 bridgehead atoms. The van der Waals surface area contributed by atoms with Crippen molar-refractivity contribution in [3.63, 3.8) is 0 Å². The van der Waals surface area contributed by atoms with Crippen LogP contribution in [0.15, 0.2) is 24.3 Å². The molecular weight excluding hydrogens is 352 g/mol. The Bertz CT molecular complexity index is 792. The van der Waals surface area contributed by atoms with E-state index in [0.717, 1.165) is 19.3 Å². The molecule has 1 aromatic carbocycles. The van der Waals surface area contributed by atoms with E-state index in [1.54, 1.807) is 18.2 Å². The van der Waals surface area contributed by atoms with Gasteiger partial charge in [0.25, 0.3) is 11.8 Å². The number of methoxy groups -OCH3 is 2. The third-order valence-electron chi connectivity index (χ3n) is 4.41. The third-order valence-corrected chi connectivity index (χ3v) is 5.64. The molecule has 0 spiro atoms. The summed E-state index contributed by atoms with van der Waals surface area (Å²) in [6.07, 6.45) is 5.62. The van der Waals surface area contributed by atoms with Gasteiger partial charge in [0.15, 0.2) is 11.5 Å². The van der Waals surface area contributed by atoms with Crippen LogP contribution in [0.2, 0.25) is 0 Å². The molecule has 0 saturated heterocycles. The van der Waals surface area contributed by atoms with Gasteiger partial charge in [0.2, 0.25) is 0 Å². The lowest BCUT2D eigenvalue weighted by Gasteiger charge is -2.12. The van der Waals surface area contributed by atoms with E-state index in [9.17, 15) is 9.59 Å². The minimum Gasteiger partial charge on any atom is -0.493 e. The van der Waals surface area contributed by atoms with Gasteiger partial charge < -0.3 is 9.47 Å². The smallest absolute Gasteiger partial charge is 0.279 e. The summed E-state index contributed by atoms with van der Waals surface area (Å²) in [4.78, 5) is 26.7. The lowest BCUT2D eigenvalue weighted by molar-refractivity contribution is 0.0846. The second-order valence-corrected chi connectivity index (χ2v) is 7.21. The number of carbonyl (C=O) groups excluding carboxylic acids is 2. The summed E-state index contributed by atoms with van der Waals surface area (Å²) < 4.78 is 10.4. The first-order chi connectivity index (χ1) is 12.6. The van der Waals surface area contributed by atoms with Gasteiger partial charge in [-0.1, -0.05) is 12.5 Å². The van der Waals surface area contributed by atoms with Crippen LogP contribution in [0.25, 0.3) is 0 Å². The van der Waals surface area contributed by atoms with Gasteiger partial charge >= 0.3 is 0 Å². The number of hydrogen-bond acceptors (Lipinski definition) is 5. The fourth-order valence-electron chi connectivity index (χ4n) is 3.09. The van der Waals surface area contributed by atoms with E-state index >= 15 is 0 Å². The Kier molecular flexibility index (Phi) is 5.78. The number of fused-ring (bicyclic) bond motifs is 1. The predicted octanol–water partition coefficient (Wildman–Crippen LogP) is 3.11. The Labute approximate surface area is 156 Å². The SMILES string of the molecule is COc1cccc(C(=O)NNC(=O)c2cc3c(s2)CCCCC3)c1OC. The normalized spacial score (nSPS) is 13.3. The van der Waals surface area contributed by atoms with Crippen molar-refractivity contribution >= 4 is 23.2 Å². The summed E-state index contributed by atoms with van der Waals surface area (Å²) in [7, 11) is 2.97. The van der Waals surface area contributed by atoms with Gasteiger partial charge in [0, 0.05) is 4.88 Å². The average molecular weight is 374 g/mol. The van der Waals surface area contributed by atoms with Gasteiger partial charge in [-0.05, 0) is 49.4 Å². The molecule has 0 atom stereocenters. The monoisotopic (exact) mass is 374 g/mol. The number of hydrogen-bond donors (Lipinski definition) is 2. The van der Waals surface area contributed by atoms with Crippen molar-refractivity contribution in [1.82, 2.24) is 10.9 Å². The van der Waals surface area contributed by atoms with Crippen LogP contribution in [-0.2, 0) is 12.8 Å². The van der Waals surface area contributed by atoms with E-state index in [2.05, 4.69) is 10.9 Å². The summed E-state index contributed by atoms with van der Waals surface area (Å²) in [5.41, 5.74) is 6.48. The molecule has 138 valence electrons. The zero-order chi connectivity index (χ0) is 18.5. The van der Waals surface area contributed by atoms with E-state index in [0.29, 0.717) is 16.4 Å². The molecule has 2 amide bonds. The quantitative estimate of drug-likeness (QED) is 0.637. The van der Waals surface area contributed by atoms with E-state index in [1.807, 2.05) is 6.07 Å². The van der Waals surface area contributed by atoms with Gasteiger partial charge in [-0.15, -0.1) is 11.3 Å². The fourth-order valence-corrected chi connectivity index (χ4v) is 4.24. The topological polar surface area (TPSA) is 76.7 Å². The van der Waals surface area contributed by atoms with Crippen molar-refractivity contribution in [3.8, 4) is 11.5 Å². The number of benzene rings is 1. The second-order valence-electron chi connectivity index (χ2n) is 6.07. The summed E-state index contributed by atoms with van der Waals surface area (Å²) in [5, 5.41) is 0.